The Labute approximate surface area is 121 Å². The highest BCUT2D eigenvalue weighted by Crippen LogP contribution is 2.22. The van der Waals surface area contributed by atoms with Crippen molar-refractivity contribution in [3.05, 3.63) is 36.4 Å². The summed E-state index contributed by atoms with van der Waals surface area (Å²) in [6, 6.07) is 7.45. The molecule has 0 bridgehead atoms. The van der Waals surface area contributed by atoms with E-state index in [1.807, 2.05) is 31.2 Å². The summed E-state index contributed by atoms with van der Waals surface area (Å²) in [5.74, 6) is 3.04. The monoisotopic (exact) mass is 289 g/mol. The van der Waals surface area contributed by atoms with E-state index in [-0.39, 0.29) is 11.9 Å². The normalized spacial score (nSPS) is 18.1. The summed E-state index contributed by atoms with van der Waals surface area (Å²) in [6.45, 7) is 1.81. The molecule has 1 aliphatic heterocycles. The van der Waals surface area contributed by atoms with E-state index < -0.39 is 0 Å². The van der Waals surface area contributed by atoms with Gasteiger partial charge in [-0.3, -0.25) is 10.1 Å². The minimum atomic E-state index is -0.100. The lowest BCUT2D eigenvalue weighted by atomic mass is 10.1. The van der Waals surface area contributed by atoms with Crippen LogP contribution in [0.5, 0.6) is 0 Å². The van der Waals surface area contributed by atoms with Crippen molar-refractivity contribution in [2.45, 2.75) is 13.0 Å². The Morgan fingerprint density at radius 2 is 2.25 bits per heavy atom. The largest absolute Gasteiger partial charge is 0.441 e. The number of nitrogens with one attached hydrogen (secondary N) is 2. The van der Waals surface area contributed by atoms with E-state index in [1.165, 1.54) is 0 Å². The minimum Gasteiger partial charge on any atom is -0.441 e. The number of benzene rings is 1. The Morgan fingerprint density at radius 1 is 1.45 bits per heavy atom. The first-order valence-corrected chi connectivity index (χ1v) is 7.53. The number of amides is 1. The highest BCUT2D eigenvalue weighted by Gasteiger charge is 2.22. The van der Waals surface area contributed by atoms with Gasteiger partial charge < -0.3 is 9.73 Å². The average molecular weight is 289 g/mol. The van der Waals surface area contributed by atoms with E-state index in [9.17, 15) is 4.79 Å². The molecule has 1 amide bonds. The van der Waals surface area contributed by atoms with Crippen LogP contribution in [0.25, 0.3) is 11.3 Å². The van der Waals surface area contributed by atoms with Gasteiger partial charge >= 0.3 is 0 Å². The van der Waals surface area contributed by atoms with Gasteiger partial charge in [0.1, 0.15) is 0 Å². The van der Waals surface area contributed by atoms with Crippen LogP contribution in [0.1, 0.15) is 5.89 Å². The van der Waals surface area contributed by atoms with Crippen LogP contribution in [0.2, 0.25) is 0 Å². The number of rotatable bonds is 3. The van der Waals surface area contributed by atoms with Crippen LogP contribution >= 0.6 is 11.8 Å². The predicted molar refractivity (Wildman–Crippen MR) is 79.6 cm³/mol. The van der Waals surface area contributed by atoms with Crippen molar-refractivity contribution in [1.29, 1.82) is 0 Å². The number of aromatic nitrogens is 1. The number of aryl methyl sites for hydroxylation is 1. The molecule has 1 aromatic heterocycles. The standard InChI is InChI=1S/C14H15N3O2S/c1-9-15-6-13(19-9)10-2-4-11(5-3-10)17-14(18)12-7-20-8-16-12/h2-6,12,16H,7-8H2,1H3,(H,17,18). The summed E-state index contributed by atoms with van der Waals surface area (Å²) in [4.78, 5) is 16.0. The van der Waals surface area contributed by atoms with Crippen LogP contribution in [-0.4, -0.2) is 28.6 Å². The number of anilines is 1. The van der Waals surface area contributed by atoms with Gasteiger partial charge in [-0.05, 0) is 24.3 Å². The molecular formula is C14H15N3O2S. The highest BCUT2D eigenvalue weighted by atomic mass is 32.2. The molecule has 2 aromatic rings. The van der Waals surface area contributed by atoms with Crippen LogP contribution in [-0.2, 0) is 4.79 Å². The van der Waals surface area contributed by atoms with Crippen molar-refractivity contribution in [3.8, 4) is 11.3 Å². The van der Waals surface area contributed by atoms with Crippen molar-refractivity contribution >= 4 is 23.4 Å². The van der Waals surface area contributed by atoms with Gasteiger partial charge in [0.25, 0.3) is 0 Å². The van der Waals surface area contributed by atoms with Gasteiger partial charge in [-0.25, -0.2) is 4.98 Å². The van der Waals surface area contributed by atoms with Gasteiger partial charge in [0, 0.05) is 29.8 Å². The molecular weight excluding hydrogens is 274 g/mol. The Kier molecular flexibility index (Phi) is 3.75. The summed E-state index contributed by atoms with van der Waals surface area (Å²) >= 11 is 1.73. The molecule has 1 unspecified atom stereocenters. The van der Waals surface area contributed by atoms with Gasteiger partial charge in [-0.15, -0.1) is 11.8 Å². The third-order valence-electron chi connectivity index (χ3n) is 3.09. The SMILES string of the molecule is Cc1ncc(-c2ccc(NC(=O)C3CSCN3)cc2)o1. The van der Waals surface area contributed by atoms with Crippen molar-refractivity contribution < 1.29 is 9.21 Å². The molecule has 1 saturated heterocycles. The van der Waals surface area contributed by atoms with E-state index >= 15 is 0 Å². The fraction of sp³-hybridized carbons (Fsp3) is 0.286. The summed E-state index contributed by atoms with van der Waals surface area (Å²) in [6.07, 6.45) is 1.70. The highest BCUT2D eigenvalue weighted by molar-refractivity contribution is 7.99. The van der Waals surface area contributed by atoms with E-state index in [2.05, 4.69) is 15.6 Å². The second kappa shape index (κ2) is 5.68. The minimum absolute atomic E-state index is 0.0123. The lowest BCUT2D eigenvalue weighted by Crippen LogP contribution is -2.37. The van der Waals surface area contributed by atoms with Crippen LogP contribution in [0.3, 0.4) is 0 Å². The second-order valence-electron chi connectivity index (χ2n) is 4.58. The Balaban J connectivity index is 1.68. The number of oxazole rings is 1. The molecule has 0 aliphatic carbocycles. The molecule has 0 spiro atoms. The Bertz CT molecular complexity index is 603. The number of carbonyl (C=O) groups excluding carboxylic acids is 1. The maximum atomic E-state index is 12.0. The van der Waals surface area contributed by atoms with Crippen molar-refractivity contribution in [2.75, 3.05) is 16.9 Å². The first kappa shape index (κ1) is 13.2. The second-order valence-corrected chi connectivity index (χ2v) is 5.61. The zero-order chi connectivity index (χ0) is 13.9. The van der Waals surface area contributed by atoms with Crippen LogP contribution < -0.4 is 10.6 Å². The predicted octanol–water partition coefficient (Wildman–Crippen LogP) is 2.25. The zero-order valence-electron chi connectivity index (χ0n) is 11.1. The van der Waals surface area contributed by atoms with E-state index in [4.69, 9.17) is 4.42 Å². The third-order valence-corrected chi connectivity index (χ3v) is 4.03. The van der Waals surface area contributed by atoms with Gasteiger partial charge in [0.2, 0.25) is 5.91 Å². The maximum Gasteiger partial charge on any atom is 0.242 e. The molecule has 1 aliphatic rings. The van der Waals surface area contributed by atoms with E-state index in [0.717, 1.165) is 28.6 Å². The number of hydrogen-bond donors (Lipinski definition) is 2. The maximum absolute atomic E-state index is 12.0. The lowest BCUT2D eigenvalue weighted by Gasteiger charge is -2.10. The zero-order valence-corrected chi connectivity index (χ0v) is 11.9. The van der Waals surface area contributed by atoms with Crippen molar-refractivity contribution in [1.82, 2.24) is 10.3 Å². The van der Waals surface area contributed by atoms with Gasteiger partial charge in [-0.1, -0.05) is 0 Å². The molecule has 3 rings (SSSR count). The molecule has 0 saturated carbocycles. The quantitative estimate of drug-likeness (QED) is 0.907. The summed E-state index contributed by atoms with van der Waals surface area (Å²) < 4.78 is 5.46. The molecule has 5 nitrogen and oxygen atoms in total. The van der Waals surface area contributed by atoms with Crippen molar-refractivity contribution in [2.24, 2.45) is 0 Å². The summed E-state index contributed by atoms with van der Waals surface area (Å²) in [5, 5.41) is 6.05. The average Bonchev–Trinajstić information content (AvgIpc) is 3.10. The number of nitrogens with zero attached hydrogens (tertiary/aromatic N) is 1. The third kappa shape index (κ3) is 2.86. The molecule has 6 heteroatoms. The molecule has 20 heavy (non-hydrogen) atoms. The number of thioether (sulfide) groups is 1. The van der Waals surface area contributed by atoms with Gasteiger partial charge in [0.15, 0.2) is 11.7 Å². The fourth-order valence-corrected chi connectivity index (χ4v) is 2.95. The molecule has 1 atom stereocenters. The Morgan fingerprint density at radius 3 is 2.85 bits per heavy atom. The molecule has 1 aromatic carbocycles. The Hall–Kier alpha value is -1.79. The first-order valence-electron chi connectivity index (χ1n) is 6.37. The molecule has 0 radical (unpaired) electrons. The number of hydrogen-bond acceptors (Lipinski definition) is 5. The van der Waals surface area contributed by atoms with Crippen LogP contribution in [0.4, 0.5) is 5.69 Å². The van der Waals surface area contributed by atoms with Gasteiger partial charge in [0.05, 0.1) is 12.2 Å². The molecule has 2 heterocycles. The number of carbonyl (C=O) groups is 1. The summed E-state index contributed by atoms with van der Waals surface area (Å²) in [7, 11) is 0. The fourth-order valence-electron chi connectivity index (χ4n) is 2.01. The molecule has 2 N–H and O–H groups in total. The van der Waals surface area contributed by atoms with E-state index in [0.29, 0.717) is 5.89 Å². The molecule has 1 fully saturated rings. The topological polar surface area (TPSA) is 67.2 Å². The van der Waals surface area contributed by atoms with Crippen molar-refractivity contribution in [3.63, 3.8) is 0 Å². The lowest BCUT2D eigenvalue weighted by molar-refractivity contribution is -0.117. The van der Waals surface area contributed by atoms with Crippen LogP contribution in [0.15, 0.2) is 34.9 Å². The smallest absolute Gasteiger partial charge is 0.242 e. The first-order chi connectivity index (χ1) is 9.72. The molecule has 104 valence electrons. The van der Waals surface area contributed by atoms with Crippen LogP contribution in [0, 0.1) is 6.92 Å². The summed E-state index contributed by atoms with van der Waals surface area (Å²) in [5.41, 5.74) is 1.73. The van der Waals surface area contributed by atoms with Gasteiger partial charge in [-0.2, -0.15) is 0 Å². The van der Waals surface area contributed by atoms with E-state index in [1.54, 1.807) is 18.0 Å².